The van der Waals surface area contributed by atoms with Crippen molar-refractivity contribution in [2.75, 3.05) is 19.7 Å². The molecule has 0 aliphatic carbocycles. The Morgan fingerprint density at radius 2 is 1.83 bits per heavy atom. The normalized spacial score (nSPS) is 17.4. The summed E-state index contributed by atoms with van der Waals surface area (Å²) in [5.74, 6) is -1.11. The van der Waals surface area contributed by atoms with Crippen LogP contribution in [0.15, 0.2) is 16.6 Å². The molecule has 196 valence electrons. The average molecular weight is 567 g/mol. The highest BCUT2D eigenvalue weighted by Gasteiger charge is 2.40. The first-order chi connectivity index (χ1) is 16.9. The van der Waals surface area contributed by atoms with E-state index in [1.54, 1.807) is 32.9 Å². The van der Waals surface area contributed by atoms with Crippen molar-refractivity contribution < 1.29 is 33.4 Å². The number of hydrogen-bond donors (Lipinski definition) is 3. The number of carbonyl (C=O) groups is 5. The summed E-state index contributed by atoms with van der Waals surface area (Å²) in [6.07, 6.45) is 1.27. The molecule has 3 N–H and O–H groups in total. The predicted octanol–water partition coefficient (Wildman–Crippen LogP) is 2.01. The Hall–Kier alpha value is -3.15. The number of unbranched alkanes of at least 4 members (excludes halogenated alkanes) is 1. The van der Waals surface area contributed by atoms with Crippen molar-refractivity contribution in [3.05, 3.63) is 27.7 Å². The molecule has 0 radical (unpaired) electrons. The van der Waals surface area contributed by atoms with Crippen LogP contribution in [0.4, 0.5) is 4.79 Å². The van der Waals surface area contributed by atoms with Gasteiger partial charge in [0.25, 0.3) is 11.8 Å². The molecule has 0 saturated carbocycles. The number of alkyl carbamates (subject to hydrolysis) is 1. The predicted molar refractivity (Wildman–Crippen MR) is 132 cm³/mol. The van der Waals surface area contributed by atoms with E-state index in [0.29, 0.717) is 47.3 Å². The number of nitrogens with zero attached hydrogens (tertiary/aromatic N) is 1. The first-order valence-electron chi connectivity index (χ1n) is 11.8. The molecule has 3 rings (SSSR count). The number of ether oxygens (including phenoxy) is 2. The van der Waals surface area contributed by atoms with Crippen LogP contribution in [0.3, 0.4) is 0 Å². The van der Waals surface area contributed by atoms with Crippen LogP contribution >= 0.6 is 15.9 Å². The highest BCUT2D eigenvalue weighted by Crippen LogP contribution is 2.36. The van der Waals surface area contributed by atoms with E-state index in [1.165, 1.54) is 4.90 Å². The van der Waals surface area contributed by atoms with Gasteiger partial charge in [0.2, 0.25) is 11.8 Å². The van der Waals surface area contributed by atoms with E-state index in [4.69, 9.17) is 9.47 Å². The van der Waals surface area contributed by atoms with E-state index in [0.717, 1.165) is 0 Å². The second kappa shape index (κ2) is 11.7. The lowest BCUT2D eigenvalue weighted by molar-refractivity contribution is -0.137. The van der Waals surface area contributed by atoms with Crippen molar-refractivity contribution in [3.63, 3.8) is 0 Å². The fraction of sp³-hybridized carbons (Fsp3) is 0.542. The maximum absolute atomic E-state index is 13.0. The molecule has 36 heavy (non-hydrogen) atoms. The topological polar surface area (TPSA) is 143 Å². The van der Waals surface area contributed by atoms with Crippen molar-refractivity contribution in [2.45, 2.75) is 64.6 Å². The summed E-state index contributed by atoms with van der Waals surface area (Å²) in [6.45, 7) is 6.12. The average Bonchev–Trinajstić information content (AvgIpc) is 3.09. The Labute approximate surface area is 217 Å². The zero-order valence-corrected chi connectivity index (χ0v) is 22.2. The molecule has 0 spiro atoms. The molecule has 1 aromatic rings. The van der Waals surface area contributed by atoms with Crippen LogP contribution < -0.4 is 20.7 Å². The van der Waals surface area contributed by atoms with Gasteiger partial charge in [-0.2, -0.15) is 0 Å². The van der Waals surface area contributed by atoms with Gasteiger partial charge in [-0.25, -0.2) is 4.79 Å². The summed E-state index contributed by atoms with van der Waals surface area (Å²) in [5, 5.41) is 7.70. The van der Waals surface area contributed by atoms with Gasteiger partial charge in [-0.3, -0.25) is 24.5 Å². The molecule has 2 aliphatic rings. The molecule has 2 aliphatic heterocycles. The van der Waals surface area contributed by atoms with E-state index in [2.05, 4.69) is 31.9 Å². The Bertz CT molecular complexity index is 1050. The van der Waals surface area contributed by atoms with Crippen molar-refractivity contribution in [1.82, 2.24) is 20.9 Å². The maximum atomic E-state index is 13.0. The van der Waals surface area contributed by atoms with Gasteiger partial charge >= 0.3 is 6.09 Å². The fourth-order valence-corrected chi connectivity index (χ4v) is 4.34. The van der Waals surface area contributed by atoms with Crippen molar-refractivity contribution in [3.8, 4) is 5.75 Å². The Morgan fingerprint density at radius 3 is 2.50 bits per heavy atom. The minimum Gasteiger partial charge on any atom is -0.483 e. The monoisotopic (exact) mass is 566 g/mol. The van der Waals surface area contributed by atoms with Crippen LogP contribution in [0.1, 0.15) is 62.4 Å². The van der Waals surface area contributed by atoms with Crippen LogP contribution in [-0.4, -0.2) is 66.0 Å². The third-order valence-electron chi connectivity index (χ3n) is 5.53. The largest absolute Gasteiger partial charge is 0.483 e. The minimum absolute atomic E-state index is 0.148. The molecule has 1 atom stereocenters. The first-order valence-corrected chi connectivity index (χ1v) is 12.6. The van der Waals surface area contributed by atoms with Crippen LogP contribution in [0.25, 0.3) is 0 Å². The molecular formula is C24H31BrN4O7. The standard InChI is InChI=1S/C24H31BrN4O7/c1-24(2,3)36-23(34)27-9-5-4-8-26-20(31)13-35-18-11-14(25)10-15-16(18)12-29(22(15)33)17-6-7-19(30)28-21(17)32/h10-11,17H,4-9,12-13H2,1-3H3,(H,26,31)(H,27,34)(H,28,30,32). The van der Waals surface area contributed by atoms with E-state index >= 15 is 0 Å². The number of rotatable bonds is 9. The summed E-state index contributed by atoms with van der Waals surface area (Å²) in [6, 6.07) is 2.60. The molecule has 1 saturated heterocycles. The Morgan fingerprint density at radius 1 is 1.14 bits per heavy atom. The van der Waals surface area contributed by atoms with Gasteiger partial charge < -0.3 is 25.0 Å². The van der Waals surface area contributed by atoms with Crippen molar-refractivity contribution in [2.24, 2.45) is 0 Å². The lowest BCUT2D eigenvalue weighted by atomic mass is 10.0. The van der Waals surface area contributed by atoms with Gasteiger partial charge in [-0.15, -0.1) is 0 Å². The summed E-state index contributed by atoms with van der Waals surface area (Å²) in [7, 11) is 0. The van der Waals surface area contributed by atoms with E-state index in [1.807, 2.05) is 0 Å². The molecular weight excluding hydrogens is 536 g/mol. The van der Waals surface area contributed by atoms with Crippen LogP contribution in [0.5, 0.6) is 5.75 Å². The van der Waals surface area contributed by atoms with Crippen LogP contribution in [0, 0.1) is 0 Å². The molecule has 0 bridgehead atoms. The smallest absolute Gasteiger partial charge is 0.407 e. The SMILES string of the molecule is CC(C)(C)OC(=O)NCCCCNC(=O)COc1cc(Br)cc2c1CN(C1CCC(=O)NC1=O)C2=O. The number of hydrogen-bond acceptors (Lipinski definition) is 7. The molecule has 1 aromatic carbocycles. The van der Waals surface area contributed by atoms with E-state index < -0.39 is 23.6 Å². The number of amides is 5. The van der Waals surface area contributed by atoms with Crippen LogP contribution in [0.2, 0.25) is 0 Å². The lowest BCUT2D eigenvalue weighted by Gasteiger charge is -2.29. The minimum atomic E-state index is -0.734. The molecule has 1 fully saturated rings. The summed E-state index contributed by atoms with van der Waals surface area (Å²) >= 11 is 3.36. The van der Waals surface area contributed by atoms with Crippen molar-refractivity contribution >= 4 is 45.7 Å². The van der Waals surface area contributed by atoms with Gasteiger partial charge in [0.15, 0.2) is 6.61 Å². The van der Waals surface area contributed by atoms with Gasteiger partial charge in [0.1, 0.15) is 17.4 Å². The molecule has 1 unspecified atom stereocenters. The summed E-state index contributed by atoms with van der Waals surface area (Å²) in [4.78, 5) is 62.0. The lowest BCUT2D eigenvalue weighted by Crippen LogP contribution is -2.52. The number of benzene rings is 1. The quantitative estimate of drug-likeness (QED) is 0.306. The summed E-state index contributed by atoms with van der Waals surface area (Å²) in [5.41, 5.74) is 0.430. The highest BCUT2D eigenvalue weighted by atomic mass is 79.9. The Kier molecular flexibility index (Phi) is 8.93. The molecule has 11 nitrogen and oxygen atoms in total. The number of imide groups is 1. The fourth-order valence-electron chi connectivity index (χ4n) is 3.90. The van der Waals surface area contributed by atoms with Crippen molar-refractivity contribution in [1.29, 1.82) is 0 Å². The third kappa shape index (κ3) is 7.42. The zero-order chi connectivity index (χ0) is 26.5. The van der Waals surface area contributed by atoms with Gasteiger partial charge in [0, 0.05) is 35.1 Å². The number of carbonyl (C=O) groups excluding carboxylic acids is 5. The van der Waals surface area contributed by atoms with E-state index in [9.17, 15) is 24.0 Å². The zero-order valence-electron chi connectivity index (χ0n) is 20.6. The number of fused-ring (bicyclic) bond motifs is 1. The molecule has 0 aromatic heterocycles. The first kappa shape index (κ1) is 27.4. The Balaban J connectivity index is 1.46. The third-order valence-corrected chi connectivity index (χ3v) is 5.99. The second-order valence-corrected chi connectivity index (χ2v) is 10.5. The molecule has 2 heterocycles. The number of piperidine rings is 1. The maximum Gasteiger partial charge on any atom is 0.407 e. The number of halogens is 1. The van der Waals surface area contributed by atoms with Crippen LogP contribution in [-0.2, 0) is 25.7 Å². The van der Waals surface area contributed by atoms with E-state index in [-0.39, 0.29) is 43.7 Å². The van der Waals surface area contributed by atoms with Gasteiger partial charge in [0.05, 0.1) is 6.54 Å². The molecule has 12 heteroatoms. The number of nitrogens with one attached hydrogen (secondary N) is 3. The highest BCUT2D eigenvalue weighted by molar-refractivity contribution is 9.10. The summed E-state index contributed by atoms with van der Waals surface area (Å²) < 4.78 is 11.5. The second-order valence-electron chi connectivity index (χ2n) is 9.60. The van der Waals surface area contributed by atoms with Gasteiger partial charge in [-0.1, -0.05) is 15.9 Å². The van der Waals surface area contributed by atoms with Gasteiger partial charge in [-0.05, 0) is 52.2 Å². The molecule has 5 amide bonds.